The molecule has 0 saturated heterocycles. The topological polar surface area (TPSA) is 76.0 Å². The number of amides is 2. The van der Waals surface area contributed by atoms with Crippen molar-refractivity contribution in [1.29, 1.82) is 0 Å². The Bertz CT molecular complexity index is 1250. The molecule has 32 heavy (non-hydrogen) atoms. The van der Waals surface area contributed by atoms with E-state index in [1.807, 2.05) is 42.6 Å². The van der Waals surface area contributed by atoms with Gasteiger partial charge in [-0.05, 0) is 55.1 Å². The van der Waals surface area contributed by atoms with E-state index in [1.54, 1.807) is 41.9 Å². The molecular formula is C24H21ClN4O2S. The molecule has 0 spiro atoms. The zero-order valence-electron chi connectivity index (χ0n) is 17.6. The van der Waals surface area contributed by atoms with Gasteiger partial charge in [-0.3, -0.25) is 9.59 Å². The van der Waals surface area contributed by atoms with Gasteiger partial charge in [-0.15, -0.1) is 11.3 Å². The molecular weight excluding hydrogens is 444 g/mol. The predicted octanol–water partition coefficient (Wildman–Crippen LogP) is 5.77. The highest BCUT2D eigenvalue weighted by Crippen LogP contribution is 2.23. The average Bonchev–Trinajstić information content (AvgIpc) is 3.40. The van der Waals surface area contributed by atoms with Gasteiger partial charge in [0.15, 0.2) is 0 Å². The summed E-state index contributed by atoms with van der Waals surface area (Å²) in [6.07, 6.45) is 0. The second-order valence-corrected chi connectivity index (χ2v) is 8.66. The monoisotopic (exact) mass is 464 g/mol. The zero-order valence-corrected chi connectivity index (χ0v) is 19.1. The lowest BCUT2D eigenvalue weighted by molar-refractivity contribution is 0.101. The lowest BCUT2D eigenvalue weighted by atomic mass is 10.1. The number of rotatable bonds is 6. The summed E-state index contributed by atoms with van der Waals surface area (Å²) in [6, 6.07) is 18.6. The van der Waals surface area contributed by atoms with Crippen molar-refractivity contribution in [3.8, 4) is 0 Å². The normalized spacial score (nSPS) is 10.7. The summed E-state index contributed by atoms with van der Waals surface area (Å²) in [5, 5.41) is 12.3. The van der Waals surface area contributed by atoms with Crippen LogP contribution in [0.3, 0.4) is 0 Å². The molecule has 0 bridgehead atoms. The first-order chi connectivity index (χ1) is 15.4. The van der Waals surface area contributed by atoms with Crippen LogP contribution in [0.15, 0.2) is 66.0 Å². The molecule has 0 atom stereocenters. The van der Waals surface area contributed by atoms with Gasteiger partial charge in [-0.25, -0.2) is 4.68 Å². The number of benzene rings is 2. The number of carbonyl (C=O) groups excluding carboxylic acids is 2. The van der Waals surface area contributed by atoms with Gasteiger partial charge < -0.3 is 10.6 Å². The van der Waals surface area contributed by atoms with Crippen molar-refractivity contribution >= 4 is 46.1 Å². The van der Waals surface area contributed by atoms with Crippen LogP contribution in [-0.2, 0) is 6.54 Å². The molecule has 6 nitrogen and oxygen atoms in total. The molecule has 0 radical (unpaired) electrons. The number of aromatic nitrogens is 2. The van der Waals surface area contributed by atoms with Gasteiger partial charge in [0, 0.05) is 11.4 Å². The average molecular weight is 465 g/mol. The van der Waals surface area contributed by atoms with Crippen molar-refractivity contribution in [2.24, 2.45) is 0 Å². The van der Waals surface area contributed by atoms with Crippen LogP contribution in [0.1, 0.15) is 36.9 Å². The molecule has 162 valence electrons. The van der Waals surface area contributed by atoms with E-state index in [2.05, 4.69) is 15.7 Å². The van der Waals surface area contributed by atoms with E-state index >= 15 is 0 Å². The number of halogens is 1. The highest BCUT2D eigenvalue weighted by atomic mass is 35.5. The number of anilines is 2. The van der Waals surface area contributed by atoms with Crippen LogP contribution in [-0.4, -0.2) is 21.6 Å². The molecule has 2 N–H and O–H groups in total. The molecule has 4 rings (SSSR count). The summed E-state index contributed by atoms with van der Waals surface area (Å²) in [6.45, 7) is 4.27. The second kappa shape index (κ2) is 9.38. The van der Waals surface area contributed by atoms with Crippen molar-refractivity contribution < 1.29 is 9.59 Å². The van der Waals surface area contributed by atoms with Gasteiger partial charge in [0.2, 0.25) is 0 Å². The van der Waals surface area contributed by atoms with Gasteiger partial charge in [-0.2, -0.15) is 5.10 Å². The predicted molar refractivity (Wildman–Crippen MR) is 129 cm³/mol. The fourth-order valence-corrected chi connectivity index (χ4v) is 4.15. The lowest BCUT2D eigenvalue weighted by Gasteiger charge is -2.08. The quantitative estimate of drug-likeness (QED) is 0.380. The van der Waals surface area contributed by atoms with Crippen molar-refractivity contribution in [3.05, 3.63) is 98.5 Å². The highest BCUT2D eigenvalue weighted by molar-refractivity contribution is 7.12. The minimum absolute atomic E-state index is 0.166. The third-order valence-electron chi connectivity index (χ3n) is 4.89. The van der Waals surface area contributed by atoms with E-state index in [1.165, 1.54) is 16.9 Å². The summed E-state index contributed by atoms with van der Waals surface area (Å²) in [4.78, 5) is 25.7. The van der Waals surface area contributed by atoms with Gasteiger partial charge in [-0.1, -0.05) is 47.5 Å². The SMILES string of the molecule is Cc1ccc(Cn2nc(C)c(C(=O)Nc3ccc(NC(=O)c4cccs4)cc3)c2Cl)cc1. The summed E-state index contributed by atoms with van der Waals surface area (Å²) in [5.41, 5.74) is 4.35. The Morgan fingerprint density at radius 3 is 2.16 bits per heavy atom. The molecule has 0 aliphatic rings. The van der Waals surface area contributed by atoms with Gasteiger partial charge in [0.05, 0.1) is 22.7 Å². The third-order valence-corrected chi connectivity index (χ3v) is 6.14. The zero-order chi connectivity index (χ0) is 22.7. The lowest BCUT2D eigenvalue weighted by Crippen LogP contribution is -2.14. The van der Waals surface area contributed by atoms with Gasteiger partial charge >= 0.3 is 0 Å². The van der Waals surface area contributed by atoms with Crippen LogP contribution in [0.25, 0.3) is 0 Å². The van der Waals surface area contributed by atoms with Crippen LogP contribution in [0.2, 0.25) is 5.15 Å². The van der Waals surface area contributed by atoms with E-state index in [0.29, 0.717) is 39.2 Å². The van der Waals surface area contributed by atoms with E-state index in [-0.39, 0.29) is 11.8 Å². The molecule has 0 fully saturated rings. The minimum Gasteiger partial charge on any atom is -0.322 e. The van der Waals surface area contributed by atoms with Crippen molar-refractivity contribution in [3.63, 3.8) is 0 Å². The van der Waals surface area contributed by atoms with Gasteiger partial charge in [0.25, 0.3) is 11.8 Å². The molecule has 0 aliphatic heterocycles. The van der Waals surface area contributed by atoms with Crippen molar-refractivity contribution in [2.75, 3.05) is 10.6 Å². The van der Waals surface area contributed by atoms with Crippen LogP contribution in [0, 0.1) is 13.8 Å². The van der Waals surface area contributed by atoms with E-state index in [4.69, 9.17) is 11.6 Å². The number of carbonyl (C=O) groups is 2. The van der Waals surface area contributed by atoms with Crippen LogP contribution >= 0.6 is 22.9 Å². The molecule has 2 aromatic heterocycles. The maximum atomic E-state index is 12.9. The Morgan fingerprint density at radius 2 is 1.56 bits per heavy atom. The Morgan fingerprint density at radius 1 is 0.938 bits per heavy atom. The van der Waals surface area contributed by atoms with Crippen LogP contribution in [0.4, 0.5) is 11.4 Å². The Labute approximate surface area is 194 Å². The molecule has 0 saturated carbocycles. The second-order valence-electron chi connectivity index (χ2n) is 7.36. The minimum atomic E-state index is -0.335. The molecule has 4 aromatic rings. The van der Waals surface area contributed by atoms with Gasteiger partial charge in [0.1, 0.15) is 5.15 Å². The first-order valence-corrected chi connectivity index (χ1v) is 11.2. The van der Waals surface area contributed by atoms with Crippen molar-refractivity contribution in [2.45, 2.75) is 20.4 Å². The molecule has 2 amide bonds. The number of nitrogens with zero attached hydrogens (tertiary/aromatic N) is 2. The summed E-state index contributed by atoms with van der Waals surface area (Å²) in [5.74, 6) is -0.502. The third kappa shape index (κ3) is 4.90. The highest BCUT2D eigenvalue weighted by Gasteiger charge is 2.20. The largest absolute Gasteiger partial charge is 0.322 e. The fraction of sp³-hybridized carbons (Fsp3) is 0.125. The molecule has 0 unspecified atom stereocenters. The summed E-state index contributed by atoms with van der Waals surface area (Å²) in [7, 11) is 0. The Hall–Kier alpha value is -3.42. The number of hydrogen-bond acceptors (Lipinski definition) is 4. The molecule has 2 heterocycles. The summed E-state index contributed by atoms with van der Waals surface area (Å²) < 4.78 is 1.62. The standard InChI is InChI=1S/C24H21ClN4O2S/c1-15-5-7-17(8-6-15)14-29-22(25)21(16(2)28-29)24(31)27-19-11-9-18(10-12-19)26-23(30)20-4-3-13-32-20/h3-13H,14H2,1-2H3,(H,26,30)(H,27,31). The molecule has 8 heteroatoms. The smallest absolute Gasteiger partial charge is 0.265 e. The maximum Gasteiger partial charge on any atom is 0.265 e. The van der Waals surface area contributed by atoms with Crippen LogP contribution in [0.5, 0.6) is 0 Å². The van der Waals surface area contributed by atoms with Crippen molar-refractivity contribution in [1.82, 2.24) is 9.78 Å². The Kier molecular flexibility index (Phi) is 6.39. The number of thiophene rings is 1. The van der Waals surface area contributed by atoms with E-state index in [0.717, 1.165) is 5.56 Å². The number of hydrogen-bond donors (Lipinski definition) is 2. The molecule has 0 aliphatic carbocycles. The number of aryl methyl sites for hydroxylation is 2. The first-order valence-electron chi connectivity index (χ1n) is 9.95. The fourth-order valence-electron chi connectivity index (χ4n) is 3.21. The summed E-state index contributed by atoms with van der Waals surface area (Å²) >= 11 is 7.87. The van der Waals surface area contributed by atoms with E-state index < -0.39 is 0 Å². The van der Waals surface area contributed by atoms with E-state index in [9.17, 15) is 9.59 Å². The Balaban J connectivity index is 1.44. The molecule has 2 aromatic carbocycles. The maximum absolute atomic E-state index is 12.9. The number of nitrogens with one attached hydrogen (secondary N) is 2. The first kappa shape index (κ1) is 21.8. The van der Waals surface area contributed by atoms with Crippen LogP contribution < -0.4 is 10.6 Å².